The molecule has 1 saturated heterocycles. The Morgan fingerprint density at radius 2 is 2.11 bits per heavy atom. The maximum absolute atomic E-state index is 10.9. The van der Waals surface area contributed by atoms with Crippen LogP contribution >= 0.6 is 0 Å². The fraction of sp³-hybridized carbons (Fsp3) is 0.583. The van der Waals surface area contributed by atoms with Gasteiger partial charge in [-0.3, -0.25) is 4.79 Å². The molecule has 6 nitrogen and oxygen atoms in total. The average molecular weight is 251 g/mol. The summed E-state index contributed by atoms with van der Waals surface area (Å²) in [7, 11) is 1.57. The number of carbonyl (C=O) groups is 1. The molecule has 2 heterocycles. The van der Waals surface area contributed by atoms with Crippen LogP contribution in [0.25, 0.3) is 0 Å². The fourth-order valence-electron chi connectivity index (χ4n) is 2.10. The summed E-state index contributed by atoms with van der Waals surface area (Å²) >= 11 is 0. The SMILES string of the molecule is COc1cc(C)nc(N2CCC(C(=O)O)CC2)n1. The van der Waals surface area contributed by atoms with Crippen LogP contribution in [0.4, 0.5) is 5.95 Å². The van der Waals surface area contributed by atoms with Crippen LogP contribution in [0.1, 0.15) is 18.5 Å². The summed E-state index contributed by atoms with van der Waals surface area (Å²) in [6, 6.07) is 1.77. The highest BCUT2D eigenvalue weighted by atomic mass is 16.5. The molecule has 0 atom stereocenters. The predicted molar refractivity (Wildman–Crippen MR) is 65.9 cm³/mol. The summed E-state index contributed by atoms with van der Waals surface area (Å²) in [5.41, 5.74) is 0.845. The summed E-state index contributed by atoms with van der Waals surface area (Å²) in [6.07, 6.45) is 1.27. The minimum atomic E-state index is -0.711. The van der Waals surface area contributed by atoms with Crippen molar-refractivity contribution < 1.29 is 14.6 Å². The molecule has 1 aromatic rings. The number of rotatable bonds is 3. The number of nitrogens with zero attached hydrogens (tertiary/aromatic N) is 3. The summed E-state index contributed by atoms with van der Waals surface area (Å²) in [5.74, 6) is 0.207. The number of ether oxygens (including phenoxy) is 1. The Morgan fingerprint density at radius 3 is 2.67 bits per heavy atom. The first-order chi connectivity index (χ1) is 8.60. The van der Waals surface area contributed by atoms with Gasteiger partial charge in [0.2, 0.25) is 11.8 Å². The number of aliphatic carboxylic acids is 1. The number of aryl methyl sites for hydroxylation is 1. The third-order valence-electron chi connectivity index (χ3n) is 3.16. The Bertz CT molecular complexity index is 442. The molecule has 0 saturated carbocycles. The Labute approximate surface area is 106 Å². The number of hydrogen-bond donors (Lipinski definition) is 1. The lowest BCUT2D eigenvalue weighted by Crippen LogP contribution is -2.37. The molecule has 1 aliphatic heterocycles. The van der Waals surface area contributed by atoms with E-state index in [1.54, 1.807) is 13.2 Å². The van der Waals surface area contributed by atoms with Gasteiger partial charge in [-0.15, -0.1) is 0 Å². The normalized spacial score (nSPS) is 16.7. The lowest BCUT2D eigenvalue weighted by atomic mass is 9.97. The zero-order valence-electron chi connectivity index (χ0n) is 10.6. The second-order valence-corrected chi connectivity index (χ2v) is 4.45. The molecule has 0 radical (unpaired) electrons. The molecular formula is C12H17N3O3. The fourth-order valence-corrected chi connectivity index (χ4v) is 2.10. The van der Waals surface area contributed by atoms with Gasteiger partial charge in [-0.05, 0) is 19.8 Å². The molecule has 0 amide bonds. The summed E-state index contributed by atoms with van der Waals surface area (Å²) in [6.45, 7) is 3.23. The van der Waals surface area contributed by atoms with Gasteiger partial charge in [0.15, 0.2) is 0 Å². The van der Waals surface area contributed by atoms with E-state index in [2.05, 4.69) is 9.97 Å². The molecule has 1 N–H and O–H groups in total. The van der Waals surface area contributed by atoms with Gasteiger partial charge in [0.25, 0.3) is 0 Å². The first-order valence-electron chi connectivity index (χ1n) is 5.97. The van der Waals surface area contributed by atoms with Crippen molar-refractivity contribution in [2.75, 3.05) is 25.1 Å². The molecule has 1 fully saturated rings. The molecule has 0 aromatic carbocycles. The molecule has 98 valence electrons. The van der Waals surface area contributed by atoms with E-state index in [9.17, 15) is 4.79 Å². The summed E-state index contributed by atoms with van der Waals surface area (Å²) in [4.78, 5) is 21.5. The average Bonchev–Trinajstić information content (AvgIpc) is 2.38. The van der Waals surface area contributed by atoms with Crippen molar-refractivity contribution in [2.24, 2.45) is 5.92 Å². The quantitative estimate of drug-likeness (QED) is 0.866. The van der Waals surface area contributed by atoms with Crippen LogP contribution in [0.3, 0.4) is 0 Å². The van der Waals surface area contributed by atoms with E-state index in [1.807, 2.05) is 11.8 Å². The van der Waals surface area contributed by atoms with Crippen LogP contribution in [0.5, 0.6) is 5.88 Å². The first kappa shape index (κ1) is 12.6. The number of carboxylic acids is 1. The van der Waals surface area contributed by atoms with E-state index < -0.39 is 5.97 Å². The van der Waals surface area contributed by atoms with Crippen LogP contribution in [0.15, 0.2) is 6.07 Å². The van der Waals surface area contributed by atoms with Gasteiger partial charge >= 0.3 is 5.97 Å². The smallest absolute Gasteiger partial charge is 0.306 e. The second kappa shape index (κ2) is 5.20. The monoisotopic (exact) mass is 251 g/mol. The number of piperidine rings is 1. The maximum atomic E-state index is 10.9. The van der Waals surface area contributed by atoms with Crippen molar-refractivity contribution in [3.05, 3.63) is 11.8 Å². The number of hydrogen-bond acceptors (Lipinski definition) is 5. The van der Waals surface area contributed by atoms with Gasteiger partial charge in [0.1, 0.15) is 0 Å². The van der Waals surface area contributed by atoms with Crippen LogP contribution in [0, 0.1) is 12.8 Å². The molecule has 0 spiro atoms. The largest absolute Gasteiger partial charge is 0.481 e. The predicted octanol–water partition coefficient (Wildman–Crippen LogP) is 1.09. The van der Waals surface area contributed by atoms with Crippen molar-refractivity contribution >= 4 is 11.9 Å². The molecule has 2 rings (SSSR count). The molecule has 1 aliphatic rings. The summed E-state index contributed by atoms with van der Waals surface area (Å²) in [5, 5.41) is 8.95. The molecule has 1 aromatic heterocycles. The van der Waals surface area contributed by atoms with Crippen molar-refractivity contribution in [3.8, 4) is 5.88 Å². The van der Waals surface area contributed by atoms with Crippen molar-refractivity contribution in [2.45, 2.75) is 19.8 Å². The van der Waals surface area contributed by atoms with Crippen LogP contribution in [-0.2, 0) is 4.79 Å². The third-order valence-corrected chi connectivity index (χ3v) is 3.16. The standard InChI is InChI=1S/C12H17N3O3/c1-8-7-10(18-2)14-12(13-8)15-5-3-9(4-6-15)11(16)17/h7,9H,3-6H2,1-2H3,(H,16,17). The second-order valence-electron chi connectivity index (χ2n) is 4.45. The number of anilines is 1. The van der Waals surface area contributed by atoms with Crippen molar-refractivity contribution in [1.82, 2.24) is 9.97 Å². The zero-order chi connectivity index (χ0) is 13.1. The highest BCUT2D eigenvalue weighted by Gasteiger charge is 2.25. The van der Waals surface area contributed by atoms with Crippen LogP contribution < -0.4 is 9.64 Å². The molecular weight excluding hydrogens is 234 g/mol. The highest BCUT2D eigenvalue weighted by molar-refractivity contribution is 5.70. The zero-order valence-corrected chi connectivity index (χ0v) is 10.6. The van der Waals surface area contributed by atoms with E-state index in [1.165, 1.54) is 0 Å². The first-order valence-corrected chi connectivity index (χ1v) is 5.97. The molecule has 0 unspecified atom stereocenters. The van der Waals surface area contributed by atoms with Gasteiger partial charge in [0.05, 0.1) is 13.0 Å². The lowest BCUT2D eigenvalue weighted by Gasteiger charge is -2.30. The summed E-state index contributed by atoms with van der Waals surface area (Å²) < 4.78 is 5.11. The van der Waals surface area contributed by atoms with Gasteiger partial charge in [-0.2, -0.15) is 4.98 Å². The van der Waals surface area contributed by atoms with Crippen molar-refractivity contribution in [3.63, 3.8) is 0 Å². The molecule has 18 heavy (non-hydrogen) atoms. The molecule has 0 bridgehead atoms. The Morgan fingerprint density at radius 1 is 1.44 bits per heavy atom. The van der Waals surface area contributed by atoms with Gasteiger partial charge in [0, 0.05) is 24.8 Å². The Hall–Kier alpha value is -1.85. The van der Waals surface area contributed by atoms with E-state index in [0.717, 1.165) is 5.69 Å². The topological polar surface area (TPSA) is 75.5 Å². The highest BCUT2D eigenvalue weighted by Crippen LogP contribution is 2.22. The minimum Gasteiger partial charge on any atom is -0.481 e. The lowest BCUT2D eigenvalue weighted by molar-refractivity contribution is -0.142. The Balaban J connectivity index is 2.09. The van der Waals surface area contributed by atoms with Gasteiger partial charge in [-0.1, -0.05) is 0 Å². The van der Waals surface area contributed by atoms with Crippen molar-refractivity contribution in [1.29, 1.82) is 0 Å². The van der Waals surface area contributed by atoms with E-state index in [4.69, 9.17) is 9.84 Å². The number of carboxylic acid groups (broad SMARTS) is 1. The number of aromatic nitrogens is 2. The van der Waals surface area contributed by atoms with Crippen LogP contribution in [0.2, 0.25) is 0 Å². The van der Waals surface area contributed by atoms with E-state index in [0.29, 0.717) is 37.8 Å². The Kier molecular flexibility index (Phi) is 3.64. The minimum absolute atomic E-state index is 0.243. The van der Waals surface area contributed by atoms with Crippen LogP contribution in [-0.4, -0.2) is 41.2 Å². The van der Waals surface area contributed by atoms with E-state index >= 15 is 0 Å². The third kappa shape index (κ3) is 2.69. The molecule has 0 aliphatic carbocycles. The van der Waals surface area contributed by atoms with Gasteiger partial charge < -0.3 is 14.7 Å². The van der Waals surface area contributed by atoms with E-state index in [-0.39, 0.29) is 5.92 Å². The maximum Gasteiger partial charge on any atom is 0.306 e. The number of methoxy groups -OCH3 is 1. The van der Waals surface area contributed by atoms with Gasteiger partial charge in [-0.25, -0.2) is 4.98 Å². The molecule has 6 heteroatoms.